The highest BCUT2D eigenvalue weighted by Crippen LogP contribution is 2.52. The van der Waals surface area contributed by atoms with Crippen LogP contribution in [0.5, 0.6) is 0 Å². The minimum Gasteiger partial charge on any atom is -0.0622 e. The van der Waals surface area contributed by atoms with Gasteiger partial charge in [0.05, 0.1) is 20.6 Å². The first-order valence-electron chi connectivity index (χ1n) is 56.8. The molecule has 29 aromatic carbocycles. The van der Waals surface area contributed by atoms with Crippen molar-refractivity contribution in [3.63, 3.8) is 0 Å². The van der Waals surface area contributed by atoms with E-state index in [2.05, 4.69) is 370 Å². The van der Waals surface area contributed by atoms with Gasteiger partial charge in [-0.3, -0.25) is 0 Å². The number of fused-ring (bicyclic) bond motifs is 15. The van der Waals surface area contributed by atoms with E-state index < -0.39 is 0 Å². The Morgan fingerprint density at radius 1 is 0.0959 bits per heavy atom. The predicted octanol–water partition coefficient (Wildman–Crippen LogP) is 41.2. The average molecular weight is 1870 g/mol. The zero-order chi connectivity index (χ0) is 110. The van der Waals surface area contributed by atoms with Gasteiger partial charge in [-0.15, -0.1) is 0 Å². The molecule has 0 heteroatoms. The molecule has 0 fully saturated rings. The second-order valence-corrected chi connectivity index (χ2v) is 37.0. The van der Waals surface area contributed by atoms with Crippen LogP contribution >= 0.6 is 0 Å². The Balaban J connectivity index is 0.000000106. The van der Waals surface area contributed by atoms with Crippen molar-refractivity contribution in [1.82, 2.24) is 0 Å². The SMILES string of the molecule is [2H]c1c([2H])c([2H])c(-c2c3ccccc3c(-c3cc4ccccc4c4ccccc34)c3ccccc23)c([2H])c1[2H].[2H]c1c([2H])c([2H])c(-c2c3ccccc3c(-c3ccc(-c4ccc5ccccc5c4)cc3)c3ccccc23)c([2H])c1[2H].[2H]c1c([2H])c([2H])c(-c2c3ccccc3c(-c3ccc(-c4cccc5ccccc45)cc3)c3ccccc23)c([2H])c1[2H].c1ccc2cc(-c3c4ccccc4c(-c4ccc(-c5cccc6ccccc56)cc4)c4ccccc34)ccc2c1. The maximum Gasteiger partial charge on any atom is 0.0629 e. The Kier molecular flexibility index (Phi) is 18.9. The van der Waals surface area contributed by atoms with Crippen molar-refractivity contribution >= 4 is 151 Å². The van der Waals surface area contributed by atoms with Gasteiger partial charge < -0.3 is 0 Å². The smallest absolute Gasteiger partial charge is 0.0622 e. The molecule has 0 saturated heterocycles. The molecule has 0 heterocycles. The fraction of sp³-hybridized carbons (Fsp3) is 0. The third kappa shape index (κ3) is 16.0. The largest absolute Gasteiger partial charge is 0.0629 e. The van der Waals surface area contributed by atoms with E-state index in [0.29, 0.717) is 16.7 Å². The Labute approximate surface area is 870 Å². The highest BCUT2D eigenvalue weighted by atomic mass is 14.3. The predicted molar refractivity (Wildman–Crippen MR) is 631 cm³/mol. The molecule has 0 saturated carbocycles. The van der Waals surface area contributed by atoms with Crippen molar-refractivity contribution < 1.29 is 20.6 Å². The topological polar surface area (TPSA) is 0 Å². The molecule has 0 unspecified atom stereocenters. The van der Waals surface area contributed by atoms with Crippen LogP contribution < -0.4 is 0 Å². The summed E-state index contributed by atoms with van der Waals surface area (Å²) in [6, 6.07) is 167. The van der Waals surface area contributed by atoms with Crippen LogP contribution in [0.2, 0.25) is 0 Å². The molecular weight excluding hydrogens is 1750 g/mol. The van der Waals surface area contributed by atoms with E-state index in [4.69, 9.17) is 20.6 Å². The van der Waals surface area contributed by atoms with Crippen LogP contribution in [0, 0.1) is 0 Å². The first-order chi connectivity index (χ1) is 78.7. The van der Waals surface area contributed by atoms with Gasteiger partial charge in [0.1, 0.15) is 0 Å². The summed E-state index contributed by atoms with van der Waals surface area (Å²) in [6.45, 7) is 0. The van der Waals surface area contributed by atoms with E-state index in [1.54, 1.807) is 0 Å². The second kappa shape index (κ2) is 38.2. The van der Waals surface area contributed by atoms with E-state index in [1.807, 2.05) is 121 Å². The Bertz CT molecular complexity index is 10800. The maximum absolute atomic E-state index is 8.77. The lowest BCUT2D eigenvalue weighted by Crippen LogP contribution is -1.92. The van der Waals surface area contributed by atoms with Crippen LogP contribution in [-0.4, -0.2) is 0 Å². The molecule has 0 radical (unpaired) electrons. The quantitative estimate of drug-likeness (QED) is 0.0894. The van der Waals surface area contributed by atoms with Gasteiger partial charge in [-0.25, -0.2) is 0 Å². The zero-order valence-electron chi connectivity index (χ0n) is 94.3. The summed E-state index contributed by atoms with van der Waals surface area (Å²) in [5.74, 6) is 0. The fourth-order valence-electron chi connectivity index (χ4n) is 22.4. The monoisotopic (exact) mass is 1860 g/mol. The molecule has 29 aromatic rings. The van der Waals surface area contributed by atoms with Crippen molar-refractivity contribution in [2.45, 2.75) is 0 Å². The van der Waals surface area contributed by atoms with Gasteiger partial charge in [-0.05, 0) is 291 Å². The average Bonchev–Trinajstić information content (AvgIpc) is 0.714. The van der Waals surface area contributed by atoms with Gasteiger partial charge in [0.15, 0.2) is 0 Å². The Hall–Kier alpha value is -19.0. The van der Waals surface area contributed by atoms with Gasteiger partial charge in [-0.2, -0.15) is 0 Å². The van der Waals surface area contributed by atoms with Gasteiger partial charge >= 0.3 is 0 Å². The number of hydrogen-bond acceptors (Lipinski definition) is 0. The summed E-state index contributed by atoms with van der Waals surface area (Å²) in [6.07, 6.45) is 0. The van der Waals surface area contributed by atoms with Crippen LogP contribution in [0.4, 0.5) is 0 Å². The third-order valence-corrected chi connectivity index (χ3v) is 28.9. The van der Waals surface area contributed by atoms with Crippen LogP contribution in [0.25, 0.3) is 273 Å². The highest BCUT2D eigenvalue weighted by molar-refractivity contribution is 6.28. The normalized spacial score (nSPS) is 12.9. The molecule has 146 heavy (non-hydrogen) atoms. The summed E-state index contributed by atoms with van der Waals surface area (Å²) in [5, 5.41) is 30.6. The molecule has 680 valence electrons. The molecule has 0 aliphatic heterocycles. The molecule has 29 rings (SSSR count). The van der Waals surface area contributed by atoms with Crippen molar-refractivity contribution in [3.05, 3.63) is 582 Å². The van der Waals surface area contributed by atoms with Crippen molar-refractivity contribution in [2.75, 3.05) is 0 Å². The molecule has 0 atom stereocenters. The molecule has 0 aliphatic carbocycles. The lowest BCUT2D eigenvalue weighted by Gasteiger charge is -2.19. The van der Waals surface area contributed by atoms with Gasteiger partial charge in [0.25, 0.3) is 0 Å². The van der Waals surface area contributed by atoms with E-state index >= 15 is 0 Å². The third-order valence-electron chi connectivity index (χ3n) is 28.9. The molecule has 0 nitrogen and oxygen atoms in total. The highest BCUT2D eigenvalue weighted by Gasteiger charge is 2.25. The molecule has 0 bridgehead atoms. The molecule has 0 aromatic heterocycles. The maximum atomic E-state index is 8.77. The second-order valence-electron chi connectivity index (χ2n) is 37.0. The van der Waals surface area contributed by atoms with Gasteiger partial charge in [0.2, 0.25) is 0 Å². The Morgan fingerprint density at radius 3 is 0.637 bits per heavy atom. The van der Waals surface area contributed by atoms with E-state index in [9.17, 15) is 0 Å². The molecule has 0 spiro atoms. The van der Waals surface area contributed by atoms with Gasteiger partial charge in [0, 0.05) is 0 Å². The van der Waals surface area contributed by atoms with E-state index in [-0.39, 0.29) is 107 Å². The minimum absolute atomic E-state index is 0.194. The van der Waals surface area contributed by atoms with Crippen LogP contribution in [0.1, 0.15) is 20.6 Å². The molecule has 0 aliphatic rings. The molecule has 0 N–H and O–H groups in total. The summed E-state index contributed by atoms with van der Waals surface area (Å²) in [4.78, 5) is 0. The van der Waals surface area contributed by atoms with Crippen LogP contribution in [-0.2, 0) is 0 Å². The fourth-order valence-corrected chi connectivity index (χ4v) is 22.4. The lowest BCUT2D eigenvalue weighted by atomic mass is 9.84. The zero-order valence-corrected chi connectivity index (χ0v) is 79.3. The molecule has 0 amide bonds. The van der Waals surface area contributed by atoms with E-state index in [1.165, 1.54) is 114 Å². The standard InChI is InChI=1S/C40H26.2C36H24.C34H22/c1-2-12-31-26-32(25-20-27(31)10-1)40-37-17-7-5-15-35(37)39(36-16-6-8-18-38(36)40)30-23-21-29(22-24-30)34-19-9-13-28-11-3-4-14-33(28)34;1-2-12-27(13-3-1)35-31-16-6-8-18-33(31)36(34-19-9-7-17-32(34)35)28-23-21-26(22-24-28)30-20-10-14-25-11-4-5-15-29(25)30;1-2-11-27(12-3-1)35-31-14-6-8-16-33(31)36(34-17-9-7-15-32(34)35)28-21-18-26(19-22-28)30-23-20-25-10-4-5-13-29(25)24-30;1-2-12-23(13-3-1)33-28-18-8-10-20-30(28)34(31-21-11-9-19-29(31)33)32-22-24-14-4-5-15-25(24)26-16-6-7-17-27(26)32/h1-26H;2*1-24H;1-22H/i;1D,2D,3D,12D,13D;1D,2D,3D,11D,12D;1D,2D,3D,12D,13D. The van der Waals surface area contributed by atoms with Crippen molar-refractivity contribution in [3.8, 4) is 122 Å². The Morgan fingerprint density at radius 2 is 0.308 bits per heavy atom. The van der Waals surface area contributed by atoms with Crippen molar-refractivity contribution in [2.24, 2.45) is 0 Å². The van der Waals surface area contributed by atoms with Crippen molar-refractivity contribution in [1.29, 1.82) is 0 Å². The van der Waals surface area contributed by atoms with Gasteiger partial charge in [-0.1, -0.05) is 564 Å². The summed E-state index contributed by atoms with van der Waals surface area (Å²) < 4.78 is 127. The summed E-state index contributed by atoms with van der Waals surface area (Å²) in [7, 11) is 0. The first kappa shape index (κ1) is 72.3. The molecular formula is C146H96. The van der Waals surface area contributed by atoms with Crippen LogP contribution in [0.15, 0.2) is 582 Å². The number of benzene rings is 29. The summed E-state index contributed by atoms with van der Waals surface area (Å²) >= 11 is 0. The number of hydrogen-bond donors (Lipinski definition) is 0. The first-order valence-corrected chi connectivity index (χ1v) is 49.3. The van der Waals surface area contributed by atoms with Crippen LogP contribution in [0.3, 0.4) is 0 Å². The minimum atomic E-state index is -0.389. The number of rotatable bonds is 11. The van der Waals surface area contributed by atoms with E-state index in [0.717, 1.165) is 125 Å². The summed E-state index contributed by atoms with van der Waals surface area (Å²) in [5.41, 5.74) is 21.2. The lowest BCUT2D eigenvalue weighted by molar-refractivity contribution is 1.62.